The highest BCUT2D eigenvalue weighted by Gasteiger charge is 2.80. The fourth-order valence-corrected chi connectivity index (χ4v) is 4.50. The average Bonchev–Trinajstić information content (AvgIpc) is 3.04. The van der Waals surface area contributed by atoms with E-state index in [1.54, 1.807) is 0 Å². The number of ether oxygens (including phenoxy) is 2. The Hall–Kier alpha value is -1.89. The van der Waals surface area contributed by atoms with Gasteiger partial charge in [0.1, 0.15) is 11.3 Å². The molecule has 0 amide bonds. The SMILES string of the molecule is N#C[C@@]12[C@@H]3C=C[C@H](CC3)[C@@]1(C#N)C(N)=NC21OCCO1. The summed E-state index contributed by atoms with van der Waals surface area (Å²) in [7, 11) is 0. The number of amidine groups is 1. The molecule has 2 fully saturated rings. The van der Waals surface area contributed by atoms with Crippen molar-refractivity contribution in [1.82, 2.24) is 0 Å². The molecule has 0 aromatic rings. The Kier molecular flexibility index (Phi) is 2.03. The second-order valence-corrected chi connectivity index (χ2v) is 5.79. The van der Waals surface area contributed by atoms with Gasteiger partial charge in [-0.2, -0.15) is 10.5 Å². The summed E-state index contributed by atoms with van der Waals surface area (Å²) in [5, 5.41) is 19.9. The van der Waals surface area contributed by atoms with Crippen molar-refractivity contribution < 1.29 is 9.47 Å². The highest BCUT2D eigenvalue weighted by Crippen LogP contribution is 2.69. The quantitative estimate of drug-likeness (QED) is 0.651. The smallest absolute Gasteiger partial charge is 0.293 e. The van der Waals surface area contributed by atoms with Crippen LogP contribution >= 0.6 is 0 Å². The second kappa shape index (κ2) is 3.41. The lowest BCUT2D eigenvalue weighted by molar-refractivity contribution is -0.244. The van der Waals surface area contributed by atoms with Crippen LogP contribution in [0.3, 0.4) is 0 Å². The van der Waals surface area contributed by atoms with E-state index in [1.807, 2.05) is 12.2 Å². The Balaban J connectivity index is 2.05. The van der Waals surface area contributed by atoms with Gasteiger partial charge in [0.2, 0.25) is 0 Å². The van der Waals surface area contributed by atoms with E-state index in [0.717, 1.165) is 12.8 Å². The molecule has 5 aliphatic rings. The van der Waals surface area contributed by atoms with Crippen LogP contribution in [0.15, 0.2) is 17.1 Å². The van der Waals surface area contributed by atoms with Gasteiger partial charge in [0.25, 0.3) is 5.91 Å². The van der Waals surface area contributed by atoms with Crippen molar-refractivity contribution in [3.8, 4) is 12.1 Å². The van der Waals surface area contributed by atoms with E-state index in [9.17, 15) is 10.5 Å². The maximum Gasteiger partial charge on any atom is 0.293 e. The van der Waals surface area contributed by atoms with Crippen molar-refractivity contribution in [2.75, 3.05) is 13.2 Å². The first-order chi connectivity index (χ1) is 9.67. The fourth-order valence-electron chi connectivity index (χ4n) is 4.50. The second-order valence-electron chi connectivity index (χ2n) is 5.79. The lowest BCUT2D eigenvalue weighted by atomic mass is 9.45. The zero-order chi connectivity index (χ0) is 14.0. The number of allylic oxidation sites excluding steroid dienone is 2. The number of nitrogens with two attached hydrogens (primary N) is 1. The summed E-state index contributed by atoms with van der Waals surface area (Å²) in [5.74, 6) is -1.45. The van der Waals surface area contributed by atoms with Gasteiger partial charge >= 0.3 is 0 Å². The van der Waals surface area contributed by atoms with Crippen LogP contribution in [-0.4, -0.2) is 25.0 Å². The first-order valence-electron chi connectivity index (χ1n) is 6.81. The molecule has 6 heteroatoms. The van der Waals surface area contributed by atoms with Gasteiger partial charge < -0.3 is 15.2 Å². The molecule has 0 aromatic heterocycles. The van der Waals surface area contributed by atoms with E-state index in [0.29, 0.717) is 13.2 Å². The zero-order valence-corrected chi connectivity index (χ0v) is 10.9. The van der Waals surface area contributed by atoms with E-state index in [4.69, 9.17) is 15.2 Å². The Bertz CT molecular complexity index is 622. The molecule has 0 aromatic carbocycles. The summed E-state index contributed by atoms with van der Waals surface area (Å²) in [6.07, 6.45) is 5.68. The maximum atomic E-state index is 9.99. The molecule has 2 N–H and O–H groups in total. The lowest BCUT2D eigenvalue weighted by Gasteiger charge is -2.54. The minimum atomic E-state index is -1.41. The lowest BCUT2D eigenvalue weighted by Crippen LogP contribution is -2.64. The largest absolute Gasteiger partial charge is 0.386 e. The average molecular weight is 270 g/mol. The summed E-state index contributed by atoms with van der Waals surface area (Å²) in [4.78, 5) is 4.36. The van der Waals surface area contributed by atoms with Gasteiger partial charge in [-0.1, -0.05) is 12.2 Å². The van der Waals surface area contributed by atoms with Crippen molar-refractivity contribution in [3.63, 3.8) is 0 Å². The number of nitriles is 2. The summed E-state index contributed by atoms with van der Waals surface area (Å²) >= 11 is 0. The van der Waals surface area contributed by atoms with E-state index < -0.39 is 16.7 Å². The zero-order valence-electron chi connectivity index (χ0n) is 10.9. The van der Waals surface area contributed by atoms with Crippen LogP contribution < -0.4 is 5.73 Å². The van der Waals surface area contributed by atoms with Gasteiger partial charge in [-0.15, -0.1) is 0 Å². The highest BCUT2D eigenvalue weighted by atomic mass is 16.8. The molecule has 20 heavy (non-hydrogen) atoms. The normalized spacial score (nSPS) is 46.8. The van der Waals surface area contributed by atoms with Gasteiger partial charge in [-0.05, 0) is 12.8 Å². The molecule has 1 saturated heterocycles. The molecular formula is C14H14N4O2. The van der Waals surface area contributed by atoms with Gasteiger partial charge in [0.15, 0.2) is 5.41 Å². The van der Waals surface area contributed by atoms with Crippen LogP contribution in [0.2, 0.25) is 0 Å². The molecule has 3 aliphatic carbocycles. The van der Waals surface area contributed by atoms with Crippen molar-refractivity contribution in [1.29, 1.82) is 10.5 Å². The van der Waals surface area contributed by atoms with Gasteiger partial charge in [-0.3, -0.25) is 0 Å². The van der Waals surface area contributed by atoms with Gasteiger partial charge in [0, 0.05) is 11.8 Å². The number of aliphatic imine (C=N–C) groups is 1. The van der Waals surface area contributed by atoms with Crippen LogP contribution in [0.4, 0.5) is 0 Å². The van der Waals surface area contributed by atoms with E-state index in [2.05, 4.69) is 17.1 Å². The molecular weight excluding hydrogens is 256 g/mol. The minimum Gasteiger partial charge on any atom is -0.386 e. The van der Waals surface area contributed by atoms with Crippen molar-refractivity contribution in [2.45, 2.75) is 18.8 Å². The summed E-state index contributed by atoms with van der Waals surface area (Å²) in [6, 6.07) is 4.66. The summed E-state index contributed by atoms with van der Waals surface area (Å²) in [6.45, 7) is 0.728. The molecule has 0 radical (unpaired) electrons. The molecule has 2 bridgehead atoms. The van der Waals surface area contributed by atoms with Crippen LogP contribution in [0, 0.1) is 45.3 Å². The fraction of sp³-hybridized carbons (Fsp3) is 0.643. The van der Waals surface area contributed by atoms with Crippen molar-refractivity contribution >= 4 is 5.84 Å². The third kappa shape index (κ3) is 0.895. The monoisotopic (exact) mass is 270 g/mol. The predicted molar refractivity (Wildman–Crippen MR) is 67.7 cm³/mol. The molecule has 5 rings (SSSR count). The summed E-state index contributed by atoms with van der Waals surface area (Å²) < 4.78 is 11.4. The third-order valence-electron chi connectivity index (χ3n) is 5.30. The van der Waals surface area contributed by atoms with E-state index >= 15 is 0 Å². The van der Waals surface area contributed by atoms with Gasteiger partial charge in [-0.25, -0.2) is 4.99 Å². The topological polar surface area (TPSA) is 104 Å². The third-order valence-corrected chi connectivity index (χ3v) is 5.30. The standard InChI is InChI=1S/C14H14N4O2/c15-7-12-9-1-3-10(4-2-9)13(12,8-16)14(18-11(12)17)19-5-6-20-14/h1,3,9-10H,2,4-6H2,(H2,17,18)/t9-,10-,12+,13-/m1/s1. The number of nitrogens with zero attached hydrogens (tertiary/aromatic N) is 3. The van der Waals surface area contributed by atoms with Crippen LogP contribution in [0.5, 0.6) is 0 Å². The molecule has 6 nitrogen and oxygen atoms in total. The molecule has 4 atom stereocenters. The minimum absolute atomic E-state index is 0.104. The van der Waals surface area contributed by atoms with Crippen LogP contribution in [0.25, 0.3) is 0 Å². The number of rotatable bonds is 0. The molecule has 1 saturated carbocycles. The Morgan fingerprint density at radius 3 is 2.35 bits per heavy atom. The molecule has 102 valence electrons. The molecule has 1 spiro atoms. The summed E-state index contributed by atoms with van der Waals surface area (Å²) in [5.41, 5.74) is 3.81. The molecule has 2 heterocycles. The molecule has 2 aliphatic heterocycles. The van der Waals surface area contributed by atoms with Crippen LogP contribution in [-0.2, 0) is 9.47 Å². The number of hydrogen-bond donors (Lipinski definition) is 1. The first-order valence-corrected chi connectivity index (χ1v) is 6.81. The highest BCUT2D eigenvalue weighted by molar-refractivity contribution is 5.95. The van der Waals surface area contributed by atoms with E-state index in [-0.39, 0.29) is 17.7 Å². The van der Waals surface area contributed by atoms with E-state index in [1.165, 1.54) is 0 Å². The first kappa shape index (κ1) is 11.9. The van der Waals surface area contributed by atoms with Gasteiger partial charge in [0.05, 0.1) is 25.4 Å². The maximum absolute atomic E-state index is 9.99. The van der Waals surface area contributed by atoms with Crippen molar-refractivity contribution in [2.24, 2.45) is 33.4 Å². The van der Waals surface area contributed by atoms with Crippen LogP contribution in [0.1, 0.15) is 12.8 Å². The Labute approximate surface area is 116 Å². The van der Waals surface area contributed by atoms with Crippen molar-refractivity contribution in [3.05, 3.63) is 12.2 Å². The molecule has 0 unspecified atom stereocenters. The Morgan fingerprint density at radius 1 is 1.15 bits per heavy atom. The Morgan fingerprint density at radius 2 is 1.80 bits per heavy atom. The predicted octanol–water partition coefficient (Wildman–Crippen LogP) is 0.674. The number of fused-ring (bicyclic) bond motifs is 1. The number of hydrogen-bond acceptors (Lipinski definition) is 6.